The fourth-order valence-electron chi connectivity index (χ4n) is 2.86. The second kappa shape index (κ2) is 8.09. The molecule has 1 unspecified atom stereocenters. The van der Waals surface area contributed by atoms with Gasteiger partial charge >= 0.3 is 0 Å². The smallest absolute Gasteiger partial charge is 0.244 e. The maximum Gasteiger partial charge on any atom is 0.244 e. The summed E-state index contributed by atoms with van der Waals surface area (Å²) >= 11 is 0. The molecular formula is C19H23N3O3. The van der Waals surface area contributed by atoms with Crippen LogP contribution in [-0.2, 0) is 9.53 Å². The van der Waals surface area contributed by atoms with Crippen LogP contribution >= 0.6 is 0 Å². The first-order valence-electron chi connectivity index (χ1n) is 8.48. The van der Waals surface area contributed by atoms with Crippen LogP contribution in [0.2, 0.25) is 0 Å². The molecule has 6 nitrogen and oxygen atoms in total. The Morgan fingerprint density at radius 3 is 2.88 bits per heavy atom. The third kappa shape index (κ3) is 4.35. The molecular weight excluding hydrogens is 318 g/mol. The number of aryl methyl sites for hydroxylation is 1. The highest BCUT2D eigenvalue weighted by Crippen LogP contribution is 2.27. The van der Waals surface area contributed by atoms with Gasteiger partial charge in [0.05, 0.1) is 13.2 Å². The fraction of sp³-hybridized carbons (Fsp3) is 0.368. The molecule has 1 aliphatic heterocycles. The lowest BCUT2D eigenvalue weighted by atomic mass is 10.1. The quantitative estimate of drug-likeness (QED) is 0.906. The van der Waals surface area contributed by atoms with Gasteiger partial charge in [-0.2, -0.15) is 0 Å². The number of hydrogen-bond donors (Lipinski definition) is 1. The van der Waals surface area contributed by atoms with Crippen molar-refractivity contribution in [2.75, 3.05) is 31.6 Å². The van der Waals surface area contributed by atoms with Crippen molar-refractivity contribution in [1.29, 1.82) is 0 Å². The van der Waals surface area contributed by atoms with Gasteiger partial charge < -0.3 is 14.8 Å². The summed E-state index contributed by atoms with van der Waals surface area (Å²) in [5.41, 5.74) is 1.70. The number of amides is 1. The van der Waals surface area contributed by atoms with Gasteiger partial charge in [0.25, 0.3) is 0 Å². The summed E-state index contributed by atoms with van der Waals surface area (Å²) in [5.74, 6) is 1.44. The monoisotopic (exact) mass is 341 g/mol. The van der Waals surface area contributed by atoms with Crippen molar-refractivity contribution in [2.45, 2.75) is 19.9 Å². The topological polar surface area (TPSA) is 63.7 Å². The lowest BCUT2D eigenvalue weighted by molar-refractivity contribution is -0.127. The van der Waals surface area contributed by atoms with Gasteiger partial charge in [-0.3, -0.25) is 14.7 Å². The number of carbonyl (C=O) groups is 1. The van der Waals surface area contributed by atoms with E-state index >= 15 is 0 Å². The molecule has 6 heteroatoms. The molecule has 0 bridgehead atoms. The molecule has 1 saturated heterocycles. The second-order valence-electron chi connectivity index (χ2n) is 5.97. The summed E-state index contributed by atoms with van der Waals surface area (Å²) in [6, 6.07) is 8.98. The number of ether oxygens (including phenoxy) is 2. The van der Waals surface area contributed by atoms with Crippen LogP contribution in [0, 0.1) is 6.92 Å². The molecule has 1 aromatic carbocycles. The van der Waals surface area contributed by atoms with E-state index < -0.39 is 0 Å². The Bertz CT molecular complexity index is 721. The van der Waals surface area contributed by atoms with Crippen LogP contribution in [0.5, 0.6) is 11.5 Å². The Balaban J connectivity index is 1.67. The molecule has 0 radical (unpaired) electrons. The van der Waals surface area contributed by atoms with Gasteiger partial charge in [0.1, 0.15) is 17.5 Å². The summed E-state index contributed by atoms with van der Waals surface area (Å²) in [5, 5.41) is 2.98. The van der Waals surface area contributed by atoms with E-state index in [2.05, 4.69) is 22.1 Å². The van der Waals surface area contributed by atoms with Crippen LogP contribution in [0.3, 0.4) is 0 Å². The predicted molar refractivity (Wildman–Crippen MR) is 96.0 cm³/mol. The fourth-order valence-corrected chi connectivity index (χ4v) is 2.86. The molecule has 1 atom stereocenters. The van der Waals surface area contributed by atoms with E-state index in [0.717, 1.165) is 35.8 Å². The number of nitrogens with zero attached hydrogens (tertiary/aromatic N) is 2. The molecule has 2 heterocycles. The van der Waals surface area contributed by atoms with E-state index in [0.29, 0.717) is 13.2 Å². The average molecular weight is 341 g/mol. The first kappa shape index (κ1) is 17.4. The number of hydrogen-bond acceptors (Lipinski definition) is 5. The van der Waals surface area contributed by atoms with Crippen molar-refractivity contribution in [3.63, 3.8) is 0 Å². The van der Waals surface area contributed by atoms with Crippen molar-refractivity contribution < 1.29 is 14.3 Å². The van der Waals surface area contributed by atoms with Gasteiger partial charge in [0, 0.05) is 24.6 Å². The lowest BCUT2D eigenvalue weighted by Crippen LogP contribution is -2.51. The molecule has 0 aliphatic carbocycles. The SMILES string of the molecule is CCN1CCOCC1C(=O)Nc1ccc(Oc2ccncc2)c(C)c1. The van der Waals surface area contributed by atoms with E-state index in [1.165, 1.54) is 0 Å². The number of benzene rings is 1. The summed E-state index contributed by atoms with van der Waals surface area (Å²) in [6.45, 7) is 6.74. The predicted octanol–water partition coefficient (Wildman–Crippen LogP) is 2.84. The van der Waals surface area contributed by atoms with Crippen molar-refractivity contribution in [1.82, 2.24) is 9.88 Å². The zero-order valence-electron chi connectivity index (χ0n) is 14.6. The molecule has 25 heavy (non-hydrogen) atoms. The molecule has 1 N–H and O–H groups in total. The molecule has 3 rings (SSSR count). The van der Waals surface area contributed by atoms with Gasteiger partial charge in [-0.15, -0.1) is 0 Å². The van der Waals surface area contributed by atoms with Crippen molar-refractivity contribution >= 4 is 11.6 Å². The first-order valence-corrected chi connectivity index (χ1v) is 8.48. The standard InChI is InChI=1S/C19H23N3O3/c1-3-22-10-11-24-13-17(22)19(23)21-15-4-5-18(14(2)12-15)25-16-6-8-20-9-7-16/h4-9,12,17H,3,10-11,13H2,1-2H3,(H,21,23). The maximum absolute atomic E-state index is 12.6. The van der Waals surface area contributed by atoms with Crippen molar-refractivity contribution in [3.05, 3.63) is 48.3 Å². The molecule has 0 spiro atoms. The zero-order chi connectivity index (χ0) is 17.6. The highest BCUT2D eigenvalue weighted by atomic mass is 16.5. The molecule has 2 aromatic rings. The van der Waals surface area contributed by atoms with E-state index in [1.54, 1.807) is 24.5 Å². The van der Waals surface area contributed by atoms with Gasteiger partial charge in [-0.25, -0.2) is 0 Å². The second-order valence-corrected chi connectivity index (χ2v) is 5.97. The van der Waals surface area contributed by atoms with E-state index in [4.69, 9.17) is 9.47 Å². The Morgan fingerprint density at radius 2 is 2.16 bits per heavy atom. The van der Waals surface area contributed by atoms with Gasteiger partial charge in [-0.05, 0) is 49.4 Å². The molecule has 1 amide bonds. The summed E-state index contributed by atoms with van der Waals surface area (Å²) in [7, 11) is 0. The Labute approximate surface area is 147 Å². The number of nitrogens with one attached hydrogen (secondary N) is 1. The van der Waals surface area contributed by atoms with Crippen LogP contribution in [0.25, 0.3) is 0 Å². The summed E-state index contributed by atoms with van der Waals surface area (Å²) in [6.07, 6.45) is 3.37. The number of aromatic nitrogens is 1. The summed E-state index contributed by atoms with van der Waals surface area (Å²) in [4.78, 5) is 18.7. The van der Waals surface area contributed by atoms with Gasteiger partial charge in [0.2, 0.25) is 5.91 Å². The van der Waals surface area contributed by atoms with Crippen molar-refractivity contribution in [3.8, 4) is 11.5 Å². The van der Waals surface area contributed by atoms with Crippen LogP contribution in [-0.4, -0.2) is 48.1 Å². The number of anilines is 1. The minimum absolute atomic E-state index is 0.0382. The van der Waals surface area contributed by atoms with E-state index in [9.17, 15) is 4.79 Å². The molecule has 132 valence electrons. The first-order chi connectivity index (χ1) is 12.2. The minimum atomic E-state index is -0.244. The Morgan fingerprint density at radius 1 is 1.36 bits per heavy atom. The number of pyridine rings is 1. The third-order valence-corrected chi connectivity index (χ3v) is 4.27. The number of carbonyl (C=O) groups excluding carboxylic acids is 1. The highest BCUT2D eigenvalue weighted by molar-refractivity contribution is 5.95. The number of morpholine rings is 1. The lowest BCUT2D eigenvalue weighted by Gasteiger charge is -2.33. The van der Waals surface area contributed by atoms with Crippen molar-refractivity contribution in [2.24, 2.45) is 0 Å². The third-order valence-electron chi connectivity index (χ3n) is 4.27. The largest absolute Gasteiger partial charge is 0.457 e. The van der Waals surface area contributed by atoms with Crippen LogP contribution < -0.4 is 10.1 Å². The van der Waals surface area contributed by atoms with Crippen LogP contribution in [0.1, 0.15) is 12.5 Å². The maximum atomic E-state index is 12.6. The molecule has 1 aliphatic rings. The highest BCUT2D eigenvalue weighted by Gasteiger charge is 2.28. The molecule has 0 saturated carbocycles. The molecule has 1 fully saturated rings. The Kier molecular flexibility index (Phi) is 5.63. The Hall–Kier alpha value is -2.44. The van der Waals surface area contributed by atoms with Crippen LogP contribution in [0.15, 0.2) is 42.7 Å². The number of rotatable bonds is 5. The van der Waals surface area contributed by atoms with Gasteiger partial charge in [0.15, 0.2) is 0 Å². The number of likely N-dealkylation sites (N-methyl/N-ethyl adjacent to an activating group) is 1. The zero-order valence-corrected chi connectivity index (χ0v) is 14.6. The van der Waals surface area contributed by atoms with E-state index in [-0.39, 0.29) is 11.9 Å². The summed E-state index contributed by atoms with van der Waals surface area (Å²) < 4.78 is 11.3. The average Bonchev–Trinajstić information content (AvgIpc) is 2.64. The van der Waals surface area contributed by atoms with Crippen LogP contribution in [0.4, 0.5) is 5.69 Å². The molecule has 1 aromatic heterocycles. The van der Waals surface area contributed by atoms with Gasteiger partial charge in [-0.1, -0.05) is 6.92 Å². The minimum Gasteiger partial charge on any atom is -0.457 e. The van der Waals surface area contributed by atoms with E-state index in [1.807, 2.05) is 25.1 Å². The normalized spacial score (nSPS) is 17.9.